The normalized spacial score (nSPS) is 12.8. The number of nitrogens with one attached hydrogen (secondary N) is 2. The molecule has 0 heterocycles. The van der Waals surface area contributed by atoms with Crippen LogP contribution in [0, 0.1) is 11.8 Å². The molecule has 0 fully saturated rings. The van der Waals surface area contributed by atoms with Gasteiger partial charge in [0, 0.05) is 0 Å². The summed E-state index contributed by atoms with van der Waals surface area (Å²) in [7, 11) is 0. The first-order valence-corrected chi connectivity index (χ1v) is 10.7. The Morgan fingerprint density at radius 3 is 1.44 bits per heavy atom. The van der Waals surface area contributed by atoms with E-state index in [1.807, 2.05) is 27.7 Å². The van der Waals surface area contributed by atoms with Gasteiger partial charge in [-0.3, -0.25) is 9.59 Å². The molecule has 0 saturated heterocycles. The SMILES string of the molecule is C=CCOc1cc(C(=O)N[C@H](CO)C(C)C)c(OCC=C)cc1C(=O)N[C@H](CO)C(C)C. The maximum atomic E-state index is 13.0. The fraction of sp³-hybridized carbons (Fsp3) is 0.500. The number of benzene rings is 1. The zero-order chi connectivity index (χ0) is 24.3. The van der Waals surface area contributed by atoms with Gasteiger partial charge in [0.1, 0.15) is 24.7 Å². The molecular formula is C24H36N2O6. The standard InChI is InChI=1S/C24H36N2O6/c1-7-9-31-21-11-18(24(30)26-20(14-28)16(5)6)22(32-10-8-2)12-17(21)23(29)25-19(13-27)15(3)4/h7-8,11-12,15-16,19-20,27-28H,1-2,9-10,13-14H2,3-6H3,(H,25,29)(H,26,30)/t19-,20-/m1/s1. The number of hydrogen-bond acceptors (Lipinski definition) is 6. The first kappa shape index (κ1) is 27.2. The third-order valence-electron chi connectivity index (χ3n) is 4.92. The number of hydrogen-bond donors (Lipinski definition) is 4. The van der Waals surface area contributed by atoms with Gasteiger partial charge in [-0.15, -0.1) is 0 Å². The Bertz CT molecular complexity index is 725. The molecule has 0 unspecified atom stereocenters. The number of ether oxygens (including phenoxy) is 2. The molecule has 0 bridgehead atoms. The second-order valence-electron chi connectivity index (χ2n) is 8.06. The highest BCUT2D eigenvalue weighted by Crippen LogP contribution is 2.30. The minimum Gasteiger partial charge on any atom is -0.489 e. The smallest absolute Gasteiger partial charge is 0.255 e. The Morgan fingerprint density at radius 2 is 1.19 bits per heavy atom. The van der Waals surface area contributed by atoms with Crippen molar-refractivity contribution < 1.29 is 29.3 Å². The summed E-state index contributed by atoms with van der Waals surface area (Å²) in [4.78, 5) is 26.0. The molecule has 8 nitrogen and oxygen atoms in total. The summed E-state index contributed by atoms with van der Waals surface area (Å²) in [6, 6.07) is 1.97. The van der Waals surface area contributed by atoms with E-state index in [1.165, 1.54) is 24.3 Å². The number of aliphatic hydroxyl groups is 2. The Kier molecular flexibility index (Phi) is 11.5. The van der Waals surface area contributed by atoms with Crippen LogP contribution in [0.15, 0.2) is 37.4 Å². The van der Waals surface area contributed by atoms with Crippen LogP contribution in [-0.2, 0) is 0 Å². The van der Waals surface area contributed by atoms with Crippen molar-refractivity contribution in [3.63, 3.8) is 0 Å². The molecule has 2 amide bonds. The Hall–Kier alpha value is -2.84. The van der Waals surface area contributed by atoms with Crippen molar-refractivity contribution in [2.75, 3.05) is 26.4 Å². The van der Waals surface area contributed by atoms with Crippen LogP contribution in [0.4, 0.5) is 0 Å². The van der Waals surface area contributed by atoms with E-state index in [0.717, 1.165) is 0 Å². The molecule has 2 atom stereocenters. The first-order valence-electron chi connectivity index (χ1n) is 10.7. The maximum absolute atomic E-state index is 13.0. The van der Waals surface area contributed by atoms with Gasteiger partial charge in [-0.2, -0.15) is 0 Å². The summed E-state index contributed by atoms with van der Waals surface area (Å²) in [6.45, 7) is 14.6. The Morgan fingerprint density at radius 1 is 0.844 bits per heavy atom. The first-order chi connectivity index (χ1) is 15.2. The van der Waals surface area contributed by atoms with E-state index < -0.39 is 23.9 Å². The van der Waals surface area contributed by atoms with Crippen LogP contribution in [-0.4, -0.2) is 60.5 Å². The average Bonchev–Trinajstić information content (AvgIpc) is 2.76. The van der Waals surface area contributed by atoms with Crippen molar-refractivity contribution in [1.82, 2.24) is 10.6 Å². The van der Waals surface area contributed by atoms with E-state index in [1.54, 1.807) is 0 Å². The fourth-order valence-electron chi connectivity index (χ4n) is 2.79. The second-order valence-corrected chi connectivity index (χ2v) is 8.06. The van der Waals surface area contributed by atoms with E-state index in [9.17, 15) is 19.8 Å². The molecule has 1 aromatic carbocycles. The van der Waals surface area contributed by atoms with E-state index in [4.69, 9.17) is 9.47 Å². The summed E-state index contributed by atoms with van der Waals surface area (Å²) < 4.78 is 11.3. The lowest BCUT2D eigenvalue weighted by molar-refractivity contribution is 0.0880. The monoisotopic (exact) mass is 448 g/mol. The van der Waals surface area contributed by atoms with Crippen molar-refractivity contribution in [2.45, 2.75) is 39.8 Å². The minimum absolute atomic E-state index is 0.00878. The predicted molar refractivity (Wildman–Crippen MR) is 124 cm³/mol. The molecule has 0 spiro atoms. The molecule has 0 aliphatic rings. The van der Waals surface area contributed by atoms with Crippen molar-refractivity contribution in [2.24, 2.45) is 11.8 Å². The summed E-state index contributed by atoms with van der Waals surface area (Å²) in [5.74, 6) is -0.581. The Labute approximate surface area is 190 Å². The molecule has 32 heavy (non-hydrogen) atoms. The molecule has 0 aliphatic carbocycles. The third-order valence-corrected chi connectivity index (χ3v) is 4.92. The van der Waals surface area contributed by atoms with Gasteiger partial charge in [-0.05, 0) is 24.0 Å². The van der Waals surface area contributed by atoms with Gasteiger partial charge < -0.3 is 30.3 Å². The molecule has 0 saturated carbocycles. The molecule has 0 aliphatic heterocycles. The van der Waals surface area contributed by atoms with Crippen LogP contribution in [0.3, 0.4) is 0 Å². The third kappa shape index (κ3) is 7.69. The van der Waals surface area contributed by atoms with Crippen LogP contribution in [0.1, 0.15) is 48.4 Å². The topological polar surface area (TPSA) is 117 Å². The van der Waals surface area contributed by atoms with Crippen molar-refractivity contribution >= 4 is 11.8 Å². The van der Waals surface area contributed by atoms with E-state index in [2.05, 4.69) is 23.8 Å². The zero-order valence-electron chi connectivity index (χ0n) is 19.4. The Balaban J connectivity index is 3.46. The highest BCUT2D eigenvalue weighted by Gasteiger charge is 2.25. The van der Waals surface area contributed by atoms with Crippen LogP contribution in [0.2, 0.25) is 0 Å². The lowest BCUT2D eigenvalue weighted by Gasteiger charge is -2.23. The van der Waals surface area contributed by atoms with Crippen LogP contribution in [0.5, 0.6) is 11.5 Å². The number of carbonyl (C=O) groups excluding carboxylic acids is 2. The summed E-state index contributed by atoms with van der Waals surface area (Å²) in [5, 5.41) is 24.7. The number of rotatable bonds is 14. The van der Waals surface area contributed by atoms with Crippen LogP contribution in [0.25, 0.3) is 0 Å². The van der Waals surface area contributed by atoms with Crippen molar-refractivity contribution in [1.29, 1.82) is 0 Å². The highest BCUT2D eigenvalue weighted by atomic mass is 16.5. The van der Waals surface area contributed by atoms with Gasteiger partial charge in [0.2, 0.25) is 0 Å². The minimum atomic E-state index is -0.470. The summed E-state index contributed by atoms with van der Waals surface area (Å²) in [6.07, 6.45) is 3.05. The fourth-order valence-corrected chi connectivity index (χ4v) is 2.79. The van der Waals surface area contributed by atoms with Gasteiger partial charge >= 0.3 is 0 Å². The van der Waals surface area contributed by atoms with Gasteiger partial charge in [0.05, 0.1) is 36.4 Å². The number of aliphatic hydroxyl groups excluding tert-OH is 2. The van der Waals surface area contributed by atoms with Gasteiger partial charge in [-0.1, -0.05) is 53.0 Å². The number of amides is 2. The van der Waals surface area contributed by atoms with Gasteiger partial charge in [0.15, 0.2) is 0 Å². The van der Waals surface area contributed by atoms with Crippen LogP contribution < -0.4 is 20.1 Å². The number of carbonyl (C=O) groups is 2. The summed E-state index contributed by atoms with van der Waals surface area (Å²) >= 11 is 0. The van der Waals surface area contributed by atoms with E-state index in [-0.39, 0.29) is 60.9 Å². The van der Waals surface area contributed by atoms with E-state index >= 15 is 0 Å². The van der Waals surface area contributed by atoms with Crippen molar-refractivity contribution in [3.05, 3.63) is 48.6 Å². The van der Waals surface area contributed by atoms with Crippen molar-refractivity contribution in [3.8, 4) is 11.5 Å². The summed E-state index contributed by atoms with van der Waals surface area (Å²) in [5.41, 5.74) is 0.313. The lowest BCUT2D eigenvalue weighted by Crippen LogP contribution is -2.42. The molecule has 8 heteroatoms. The molecule has 0 radical (unpaired) electrons. The van der Waals surface area contributed by atoms with E-state index in [0.29, 0.717) is 0 Å². The molecule has 1 aromatic rings. The highest BCUT2D eigenvalue weighted by molar-refractivity contribution is 6.02. The predicted octanol–water partition coefficient (Wildman–Crippen LogP) is 2.31. The maximum Gasteiger partial charge on any atom is 0.255 e. The molecular weight excluding hydrogens is 412 g/mol. The quantitative estimate of drug-likeness (QED) is 0.325. The van der Waals surface area contributed by atoms with Gasteiger partial charge in [0.25, 0.3) is 11.8 Å². The molecule has 178 valence electrons. The van der Waals surface area contributed by atoms with Crippen LogP contribution >= 0.6 is 0 Å². The lowest BCUT2D eigenvalue weighted by atomic mass is 10.0. The second kappa shape index (κ2) is 13.5. The van der Waals surface area contributed by atoms with Gasteiger partial charge in [-0.25, -0.2) is 0 Å². The molecule has 1 rings (SSSR count). The molecule has 0 aromatic heterocycles. The average molecular weight is 449 g/mol. The molecule has 4 N–H and O–H groups in total. The largest absolute Gasteiger partial charge is 0.489 e. The zero-order valence-corrected chi connectivity index (χ0v) is 19.4.